The van der Waals surface area contributed by atoms with Crippen LogP contribution in [0.4, 0.5) is 0 Å². The Kier molecular flexibility index (Phi) is 6.70. The van der Waals surface area contributed by atoms with Gasteiger partial charge in [0.15, 0.2) is 5.96 Å². The molecule has 0 aromatic heterocycles. The number of nitrogens with zero attached hydrogens (tertiary/aromatic N) is 3. The molecule has 3 rings (SSSR count). The molecule has 0 bridgehead atoms. The third-order valence-electron chi connectivity index (χ3n) is 5.09. The second-order valence-electron chi connectivity index (χ2n) is 7.09. The Morgan fingerprint density at radius 3 is 2.36 bits per heavy atom. The van der Waals surface area contributed by atoms with Gasteiger partial charge in [-0.25, -0.2) is 4.99 Å². The summed E-state index contributed by atoms with van der Waals surface area (Å²) >= 11 is 0. The summed E-state index contributed by atoms with van der Waals surface area (Å²) in [6.45, 7) is 12.9. The van der Waals surface area contributed by atoms with Crippen LogP contribution in [0.25, 0.3) is 0 Å². The lowest BCUT2D eigenvalue weighted by atomic mass is 10.1. The first-order valence-corrected chi connectivity index (χ1v) is 9.84. The van der Waals surface area contributed by atoms with E-state index < -0.39 is 0 Å². The molecule has 0 radical (unpaired) electrons. The van der Waals surface area contributed by atoms with Gasteiger partial charge < -0.3 is 15.5 Å². The first-order chi connectivity index (χ1) is 12.3. The SMILES string of the molecule is CCNC(=NCc1ccccc1CN1CCN(CC)CC1)NC1CC1. The van der Waals surface area contributed by atoms with Crippen LogP contribution < -0.4 is 10.6 Å². The number of benzene rings is 1. The molecule has 1 aromatic carbocycles. The molecule has 1 aliphatic heterocycles. The molecule has 1 aromatic rings. The molecule has 1 saturated carbocycles. The Bertz CT molecular complexity index is 559. The maximum atomic E-state index is 4.81. The van der Waals surface area contributed by atoms with Gasteiger partial charge in [-0.1, -0.05) is 31.2 Å². The molecular weight excluding hydrogens is 310 g/mol. The smallest absolute Gasteiger partial charge is 0.191 e. The Labute approximate surface area is 152 Å². The number of likely N-dealkylation sites (N-methyl/N-ethyl adjacent to an activating group) is 1. The summed E-state index contributed by atoms with van der Waals surface area (Å²) in [5.74, 6) is 0.955. The zero-order valence-corrected chi connectivity index (χ0v) is 15.8. The van der Waals surface area contributed by atoms with Crippen molar-refractivity contribution in [2.75, 3.05) is 39.3 Å². The Morgan fingerprint density at radius 1 is 1.04 bits per heavy atom. The molecule has 0 unspecified atom stereocenters. The highest BCUT2D eigenvalue weighted by Crippen LogP contribution is 2.19. The minimum atomic E-state index is 0.628. The number of hydrogen-bond donors (Lipinski definition) is 2. The summed E-state index contributed by atoms with van der Waals surface area (Å²) in [6.07, 6.45) is 2.54. The van der Waals surface area contributed by atoms with Crippen LogP contribution in [0.5, 0.6) is 0 Å². The van der Waals surface area contributed by atoms with Crippen molar-refractivity contribution in [3.63, 3.8) is 0 Å². The molecule has 1 aliphatic carbocycles. The summed E-state index contributed by atoms with van der Waals surface area (Å²) < 4.78 is 0. The van der Waals surface area contributed by atoms with Crippen LogP contribution in [-0.2, 0) is 13.1 Å². The van der Waals surface area contributed by atoms with E-state index in [-0.39, 0.29) is 0 Å². The average molecular weight is 344 g/mol. The summed E-state index contributed by atoms with van der Waals surface area (Å²) in [7, 11) is 0. The van der Waals surface area contributed by atoms with Crippen LogP contribution in [0.15, 0.2) is 29.3 Å². The molecule has 2 aliphatic rings. The lowest BCUT2D eigenvalue weighted by molar-refractivity contribution is 0.131. The van der Waals surface area contributed by atoms with E-state index in [2.05, 4.69) is 58.5 Å². The highest BCUT2D eigenvalue weighted by molar-refractivity contribution is 5.80. The lowest BCUT2D eigenvalue weighted by Crippen LogP contribution is -2.45. The third kappa shape index (κ3) is 5.72. The van der Waals surface area contributed by atoms with E-state index in [0.29, 0.717) is 6.04 Å². The minimum Gasteiger partial charge on any atom is -0.357 e. The van der Waals surface area contributed by atoms with E-state index >= 15 is 0 Å². The normalized spacial score (nSPS) is 19.8. The predicted octanol–water partition coefficient (Wildman–Crippen LogP) is 2.04. The summed E-state index contributed by atoms with van der Waals surface area (Å²) in [4.78, 5) is 9.91. The highest BCUT2D eigenvalue weighted by atomic mass is 15.3. The van der Waals surface area contributed by atoms with Gasteiger partial charge in [0.05, 0.1) is 6.54 Å². The molecule has 5 nitrogen and oxygen atoms in total. The van der Waals surface area contributed by atoms with Crippen molar-refractivity contribution in [1.29, 1.82) is 0 Å². The van der Waals surface area contributed by atoms with Crippen molar-refractivity contribution >= 4 is 5.96 Å². The summed E-state index contributed by atoms with van der Waals surface area (Å²) in [5, 5.41) is 6.86. The van der Waals surface area contributed by atoms with Gasteiger partial charge in [0.1, 0.15) is 0 Å². The molecule has 1 saturated heterocycles. The molecule has 138 valence electrons. The van der Waals surface area contributed by atoms with Gasteiger partial charge in [-0.15, -0.1) is 0 Å². The van der Waals surface area contributed by atoms with Crippen LogP contribution in [0.2, 0.25) is 0 Å². The maximum Gasteiger partial charge on any atom is 0.191 e. The van der Waals surface area contributed by atoms with E-state index in [0.717, 1.165) is 38.7 Å². The Balaban J connectivity index is 1.60. The van der Waals surface area contributed by atoms with Gasteiger partial charge in [0, 0.05) is 45.3 Å². The van der Waals surface area contributed by atoms with Crippen molar-refractivity contribution in [2.45, 2.75) is 45.8 Å². The molecule has 2 N–H and O–H groups in total. The predicted molar refractivity (Wildman–Crippen MR) is 105 cm³/mol. The molecule has 1 heterocycles. The van der Waals surface area contributed by atoms with E-state index in [4.69, 9.17) is 4.99 Å². The summed E-state index contributed by atoms with van der Waals surface area (Å²) in [6, 6.07) is 9.39. The number of nitrogens with one attached hydrogen (secondary N) is 2. The third-order valence-corrected chi connectivity index (χ3v) is 5.09. The topological polar surface area (TPSA) is 42.9 Å². The largest absolute Gasteiger partial charge is 0.357 e. The van der Waals surface area contributed by atoms with Crippen molar-refractivity contribution in [1.82, 2.24) is 20.4 Å². The molecule has 5 heteroatoms. The van der Waals surface area contributed by atoms with Gasteiger partial charge in [-0.2, -0.15) is 0 Å². The van der Waals surface area contributed by atoms with Gasteiger partial charge in [0.25, 0.3) is 0 Å². The Hall–Kier alpha value is -1.59. The maximum absolute atomic E-state index is 4.81. The number of rotatable bonds is 7. The highest BCUT2D eigenvalue weighted by Gasteiger charge is 2.22. The fraction of sp³-hybridized carbons (Fsp3) is 0.650. The number of guanidine groups is 1. The van der Waals surface area contributed by atoms with Crippen molar-refractivity contribution < 1.29 is 0 Å². The standard InChI is InChI=1S/C20H33N5/c1-3-21-20(23-19-9-10-19)22-15-17-7-5-6-8-18(17)16-25-13-11-24(4-2)12-14-25/h5-8,19H,3-4,9-16H2,1-2H3,(H2,21,22,23). The van der Waals surface area contributed by atoms with Crippen LogP contribution in [0.1, 0.15) is 37.8 Å². The zero-order chi connectivity index (χ0) is 17.5. The van der Waals surface area contributed by atoms with Gasteiger partial charge in [0.2, 0.25) is 0 Å². The number of piperazine rings is 1. The molecule has 0 amide bonds. The second kappa shape index (κ2) is 9.20. The fourth-order valence-corrected chi connectivity index (χ4v) is 3.28. The quantitative estimate of drug-likeness (QED) is 0.587. The van der Waals surface area contributed by atoms with Crippen LogP contribution >= 0.6 is 0 Å². The van der Waals surface area contributed by atoms with Crippen molar-refractivity contribution in [3.05, 3.63) is 35.4 Å². The monoisotopic (exact) mass is 343 g/mol. The van der Waals surface area contributed by atoms with Crippen LogP contribution in [0.3, 0.4) is 0 Å². The van der Waals surface area contributed by atoms with E-state index in [1.54, 1.807) is 0 Å². The molecule has 2 fully saturated rings. The summed E-state index contributed by atoms with van der Waals surface area (Å²) in [5.41, 5.74) is 2.76. The van der Waals surface area contributed by atoms with Crippen molar-refractivity contribution in [3.8, 4) is 0 Å². The van der Waals surface area contributed by atoms with E-state index in [1.807, 2.05) is 0 Å². The average Bonchev–Trinajstić information content (AvgIpc) is 3.46. The lowest BCUT2D eigenvalue weighted by Gasteiger charge is -2.34. The van der Waals surface area contributed by atoms with E-state index in [9.17, 15) is 0 Å². The zero-order valence-electron chi connectivity index (χ0n) is 15.8. The molecule has 0 spiro atoms. The van der Waals surface area contributed by atoms with Gasteiger partial charge in [-0.3, -0.25) is 4.90 Å². The van der Waals surface area contributed by atoms with E-state index in [1.165, 1.54) is 43.6 Å². The first kappa shape index (κ1) is 18.2. The van der Waals surface area contributed by atoms with Crippen molar-refractivity contribution in [2.24, 2.45) is 4.99 Å². The van der Waals surface area contributed by atoms with Gasteiger partial charge in [-0.05, 0) is 37.4 Å². The Morgan fingerprint density at radius 2 is 1.72 bits per heavy atom. The molecule has 0 atom stereocenters. The fourth-order valence-electron chi connectivity index (χ4n) is 3.28. The number of hydrogen-bond acceptors (Lipinski definition) is 3. The first-order valence-electron chi connectivity index (χ1n) is 9.84. The second-order valence-corrected chi connectivity index (χ2v) is 7.09. The van der Waals surface area contributed by atoms with Gasteiger partial charge >= 0.3 is 0 Å². The molecular formula is C20H33N5. The number of aliphatic imine (C=N–C) groups is 1. The van der Waals surface area contributed by atoms with Crippen LogP contribution in [-0.4, -0.2) is 61.1 Å². The van der Waals surface area contributed by atoms with Crippen LogP contribution in [0, 0.1) is 0 Å². The minimum absolute atomic E-state index is 0.628. The molecule has 25 heavy (non-hydrogen) atoms.